The Morgan fingerprint density at radius 3 is 2.50 bits per heavy atom. The minimum atomic E-state index is -0.578. The van der Waals surface area contributed by atoms with E-state index in [4.69, 9.17) is 5.26 Å². The van der Waals surface area contributed by atoms with E-state index in [1.807, 2.05) is 19.0 Å². The van der Waals surface area contributed by atoms with Gasteiger partial charge in [-0.15, -0.1) is 0 Å². The molecule has 0 fully saturated rings. The van der Waals surface area contributed by atoms with Gasteiger partial charge in [0.2, 0.25) is 17.8 Å². The van der Waals surface area contributed by atoms with E-state index in [9.17, 15) is 9.59 Å². The summed E-state index contributed by atoms with van der Waals surface area (Å²) in [5, 5.41) is 18.3. The Morgan fingerprint density at radius 1 is 1.12 bits per heavy atom. The van der Waals surface area contributed by atoms with Gasteiger partial charge in [0.25, 0.3) is 0 Å². The molecule has 1 aromatic heterocycles. The van der Waals surface area contributed by atoms with Crippen LogP contribution in [0.2, 0.25) is 0 Å². The zero-order valence-corrected chi connectivity index (χ0v) is 24.3. The molecule has 0 spiro atoms. The Kier molecular flexibility index (Phi) is 13.1. The number of nitriles is 1. The predicted octanol–water partition coefficient (Wildman–Crippen LogP) is 3.37. The topological polar surface area (TPSA) is 126 Å². The van der Waals surface area contributed by atoms with Crippen LogP contribution in [0.15, 0.2) is 42.6 Å². The molecule has 0 saturated heterocycles. The maximum Gasteiger partial charge on any atom is 0.246 e. The monoisotopic (exact) mass is 544 g/mol. The SMILES string of the molecule is CC(C)CNc1nc(Nc2ccc(C#N)cc2)ncc1C#CCCCNC(=O)[C@H](C)N(C)C(=O)/C=C/CN(C)C. The fourth-order valence-corrected chi connectivity index (χ4v) is 3.27. The Hall–Kier alpha value is -4.41. The van der Waals surface area contributed by atoms with Crippen LogP contribution in [0.5, 0.6) is 0 Å². The standard InChI is InChI=1S/C30H40N8O2/c1-22(2)20-33-28-25(21-34-30(36-28)35-26-15-13-24(19-31)14-16-26)11-8-7-9-17-32-29(40)23(3)38(6)27(39)12-10-18-37(4)5/h10,12-16,21-23H,7,9,17-18,20H2,1-6H3,(H,32,40)(H2,33,34,35,36)/b12-10+/t23-/m0/s1. The number of anilines is 3. The van der Waals surface area contributed by atoms with Crippen molar-refractivity contribution in [2.24, 2.45) is 5.92 Å². The first-order chi connectivity index (χ1) is 19.1. The van der Waals surface area contributed by atoms with Crippen LogP contribution in [0.1, 0.15) is 44.7 Å². The molecule has 0 aliphatic heterocycles. The van der Waals surface area contributed by atoms with Crippen molar-refractivity contribution in [1.82, 2.24) is 25.1 Å². The average molecular weight is 545 g/mol. The molecule has 0 aliphatic carbocycles. The van der Waals surface area contributed by atoms with E-state index in [2.05, 4.69) is 57.7 Å². The molecule has 0 bridgehead atoms. The van der Waals surface area contributed by atoms with Gasteiger partial charge in [-0.05, 0) is 57.6 Å². The number of likely N-dealkylation sites (N-methyl/N-ethyl adjacent to an activating group) is 2. The summed E-state index contributed by atoms with van der Waals surface area (Å²) in [4.78, 5) is 37.1. The van der Waals surface area contributed by atoms with Crippen molar-refractivity contribution in [3.8, 4) is 17.9 Å². The molecular formula is C30H40N8O2. The van der Waals surface area contributed by atoms with Crippen molar-refractivity contribution in [1.29, 1.82) is 5.26 Å². The maximum atomic E-state index is 12.5. The molecule has 0 unspecified atom stereocenters. The summed E-state index contributed by atoms with van der Waals surface area (Å²) in [6.07, 6.45) is 6.18. The fraction of sp³-hybridized carbons (Fsp3) is 0.433. The van der Waals surface area contributed by atoms with Gasteiger partial charge in [0.1, 0.15) is 11.9 Å². The molecule has 1 atom stereocenters. The van der Waals surface area contributed by atoms with Gasteiger partial charge in [0.05, 0.1) is 23.4 Å². The molecule has 1 aromatic carbocycles. The molecule has 0 saturated carbocycles. The van der Waals surface area contributed by atoms with Gasteiger partial charge < -0.3 is 25.8 Å². The Balaban J connectivity index is 1.91. The van der Waals surface area contributed by atoms with Crippen molar-refractivity contribution in [3.63, 3.8) is 0 Å². The Bertz CT molecular complexity index is 1250. The molecule has 2 amide bonds. The number of rotatable bonds is 13. The zero-order valence-electron chi connectivity index (χ0n) is 24.3. The van der Waals surface area contributed by atoms with Crippen molar-refractivity contribution in [3.05, 3.63) is 53.7 Å². The lowest BCUT2D eigenvalue weighted by Crippen LogP contribution is -2.45. The van der Waals surface area contributed by atoms with Crippen molar-refractivity contribution < 1.29 is 9.59 Å². The second-order valence-corrected chi connectivity index (χ2v) is 10.0. The van der Waals surface area contributed by atoms with Crippen molar-refractivity contribution in [2.75, 3.05) is 51.4 Å². The molecule has 0 radical (unpaired) electrons. The molecule has 0 aliphatic rings. The fourth-order valence-electron chi connectivity index (χ4n) is 3.27. The third-order valence-corrected chi connectivity index (χ3v) is 5.78. The number of amides is 2. The summed E-state index contributed by atoms with van der Waals surface area (Å²) >= 11 is 0. The summed E-state index contributed by atoms with van der Waals surface area (Å²) in [7, 11) is 5.46. The molecule has 40 heavy (non-hydrogen) atoms. The first-order valence-electron chi connectivity index (χ1n) is 13.3. The zero-order chi connectivity index (χ0) is 29.5. The summed E-state index contributed by atoms with van der Waals surface area (Å²) in [6, 6.07) is 8.58. The number of nitrogens with one attached hydrogen (secondary N) is 3. The van der Waals surface area contributed by atoms with Crippen LogP contribution in [0.4, 0.5) is 17.5 Å². The minimum Gasteiger partial charge on any atom is -0.369 e. The van der Waals surface area contributed by atoms with Gasteiger partial charge in [-0.3, -0.25) is 9.59 Å². The van der Waals surface area contributed by atoms with Gasteiger partial charge in [0, 0.05) is 44.9 Å². The highest BCUT2D eigenvalue weighted by Crippen LogP contribution is 2.18. The second kappa shape index (κ2) is 16.5. The second-order valence-electron chi connectivity index (χ2n) is 10.0. The molecule has 2 aromatic rings. The number of nitrogens with zero attached hydrogens (tertiary/aromatic N) is 5. The lowest BCUT2D eigenvalue weighted by atomic mass is 10.2. The van der Waals surface area contributed by atoms with Crippen LogP contribution in [0.3, 0.4) is 0 Å². The number of benzene rings is 1. The quantitative estimate of drug-likeness (QED) is 0.199. The Morgan fingerprint density at radius 2 is 1.85 bits per heavy atom. The number of unbranched alkanes of at least 4 members (excludes halogenated alkanes) is 1. The van der Waals surface area contributed by atoms with E-state index in [0.717, 1.165) is 12.2 Å². The first-order valence-corrected chi connectivity index (χ1v) is 13.3. The predicted molar refractivity (Wildman–Crippen MR) is 159 cm³/mol. The molecule has 3 N–H and O–H groups in total. The van der Waals surface area contributed by atoms with Gasteiger partial charge in [-0.1, -0.05) is 31.8 Å². The summed E-state index contributed by atoms with van der Waals surface area (Å²) < 4.78 is 0. The van der Waals surface area contributed by atoms with E-state index >= 15 is 0 Å². The smallest absolute Gasteiger partial charge is 0.246 e. The van der Waals surface area contributed by atoms with E-state index in [0.29, 0.717) is 54.7 Å². The highest BCUT2D eigenvalue weighted by atomic mass is 16.2. The highest BCUT2D eigenvalue weighted by Gasteiger charge is 2.20. The molecule has 2 rings (SSSR count). The average Bonchev–Trinajstić information content (AvgIpc) is 2.93. The third-order valence-electron chi connectivity index (χ3n) is 5.78. The van der Waals surface area contributed by atoms with Crippen LogP contribution < -0.4 is 16.0 Å². The van der Waals surface area contributed by atoms with Crippen LogP contribution in [0.25, 0.3) is 0 Å². The van der Waals surface area contributed by atoms with Gasteiger partial charge in [-0.2, -0.15) is 10.2 Å². The number of aromatic nitrogens is 2. The Labute approximate surface area is 237 Å². The lowest BCUT2D eigenvalue weighted by Gasteiger charge is -2.23. The van der Waals surface area contributed by atoms with Crippen LogP contribution >= 0.6 is 0 Å². The summed E-state index contributed by atoms with van der Waals surface area (Å²) in [5.74, 6) is 7.34. The summed E-state index contributed by atoms with van der Waals surface area (Å²) in [6.45, 7) is 7.77. The molecular weight excluding hydrogens is 504 g/mol. The van der Waals surface area contributed by atoms with Gasteiger partial charge in [-0.25, -0.2) is 4.98 Å². The van der Waals surface area contributed by atoms with Crippen LogP contribution in [-0.2, 0) is 9.59 Å². The van der Waals surface area contributed by atoms with E-state index in [1.165, 1.54) is 11.0 Å². The van der Waals surface area contributed by atoms with Gasteiger partial charge >= 0.3 is 0 Å². The normalized spacial score (nSPS) is 11.5. The molecule has 10 heteroatoms. The lowest BCUT2D eigenvalue weighted by molar-refractivity contribution is -0.135. The molecule has 212 valence electrons. The minimum absolute atomic E-state index is 0.205. The molecule has 10 nitrogen and oxygen atoms in total. The number of hydrogen-bond acceptors (Lipinski definition) is 8. The largest absolute Gasteiger partial charge is 0.369 e. The molecule has 1 heterocycles. The van der Waals surface area contributed by atoms with Crippen LogP contribution in [0, 0.1) is 29.1 Å². The first kappa shape index (κ1) is 31.8. The van der Waals surface area contributed by atoms with Crippen LogP contribution in [-0.4, -0.2) is 78.4 Å². The van der Waals surface area contributed by atoms with Crippen molar-refractivity contribution >= 4 is 29.3 Å². The number of hydrogen-bond donors (Lipinski definition) is 3. The highest BCUT2D eigenvalue weighted by molar-refractivity contribution is 5.92. The third kappa shape index (κ3) is 11.1. The number of carbonyl (C=O) groups is 2. The van der Waals surface area contributed by atoms with E-state index < -0.39 is 6.04 Å². The van der Waals surface area contributed by atoms with Gasteiger partial charge in [0.15, 0.2) is 0 Å². The van der Waals surface area contributed by atoms with E-state index in [-0.39, 0.29) is 11.8 Å². The maximum absolute atomic E-state index is 12.5. The van der Waals surface area contributed by atoms with Crippen molar-refractivity contribution in [2.45, 2.75) is 39.7 Å². The van der Waals surface area contributed by atoms with E-state index in [1.54, 1.807) is 50.5 Å². The number of carbonyl (C=O) groups excluding carboxylic acids is 2. The summed E-state index contributed by atoms with van der Waals surface area (Å²) in [5.41, 5.74) is 2.04.